The molecule has 1 aromatic heterocycles. The predicted molar refractivity (Wildman–Crippen MR) is 85.6 cm³/mol. The second-order valence-corrected chi connectivity index (χ2v) is 6.49. The number of rotatable bonds is 2. The summed E-state index contributed by atoms with van der Waals surface area (Å²) in [7, 11) is 0. The molecule has 2 aromatic carbocycles. The van der Waals surface area contributed by atoms with Crippen molar-refractivity contribution >= 4 is 26.7 Å². The van der Waals surface area contributed by atoms with Gasteiger partial charge < -0.3 is 5.32 Å². The summed E-state index contributed by atoms with van der Waals surface area (Å²) in [4.78, 5) is 4.75. The molecule has 0 spiro atoms. The fourth-order valence-electron chi connectivity index (χ4n) is 2.98. The molecular formula is C17H16N2S. The third kappa shape index (κ3) is 1.98. The molecule has 2 nitrogen and oxygen atoms in total. The van der Waals surface area contributed by atoms with E-state index in [2.05, 4.69) is 54.7 Å². The number of benzene rings is 2. The number of hydrogen-bond donors (Lipinski definition) is 1. The van der Waals surface area contributed by atoms with E-state index in [1.807, 2.05) is 0 Å². The van der Waals surface area contributed by atoms with Gasteiger partial charge in [-0.3, -0.25) is 0 Å². The van der Waals surface area contributed by atoms with Crippen molar-refractivity contribution in [3.05, 3.63) is 59.2 Å². The van der Waals surface area contributed by atoms with E-state index in [1.54, 1.807) is 11.3 Å². The number of thiazole rings is 1. The number of fused-ring (bicyclic) bond motifs is 2. The average Bonchev–Trinajstić information content (AvgIpc) is 3.02. The Morgan fingerprint density at radius 2 is 1.80 bits per heavy atom. The second kappa shape index (κ2) is 4.60. The number of aryl methyl sites for hydroxylation is 1. The van der Waals surface area contributed by atoms with Crippen LogP contribution in [-0.4, -0.2) is 11.0 Å². The van der Waals surface area contributed by atoms with Crippen LogP contribution in [-0.2, 0) is 12.8 Å². The first-order valence-electron chi connectivity index (χ1n) is 6.99. The average molecular weight is 280 g/mol. The Morgan fingerprint density at radius 3 is 2.50 bits per heavy atom. The molecule has 100 valence electrons. The third-order valence-electron chi connectivity index (χ3n) is 4.00. The lowest BCUT2D eigenvalue weighted by atomic mass is 10.1. The van der Waals surface area contributed by atoms with E-state index >= 15 is 0 Å². The smallest absolute Gasteiger partial charge is 0.184 e. The highest BCUT2D eigenvalue weighted by atomic mass is 32.1. The van der Waals surface area contributed by atoms with E-state index < -0.39 is 0 Å². The minimum absolute atomic E-state index is 0.480. The minimum Gasteiger partial charge on any atom is -0.358 e. The zero-order valence-electron chi connectivity index (χ0n) is 11.4. The van der Waals surface area contributed by atoms with Crippen LogP contribution in [0.25, 0.3) is 10.2 Å². The van der Waals surface area contributed by atoms with Crippen LogP contribution in [0.4, 0.5) is 5.13 Å². The number of hydrogen-bond acceptors (Lipinski definition) is 3. The van der Waals surface area contributed by atoms with Crippen LogP contribution < -0.4 is 5.32 Å². The molecule has 0 amide bonds. The monoisotopic (exact) mass is 280 g/mol. The molecule has 1 N–H and O–H groups in total. The fourth-order valence-corrected chi connectivity index (χ4v) is 4.00. The van der Waals surface area contributed by atoms with Crippen molar-refractivity contribution < 1.29 is 0 Å². The summed E-state index contributed by atoms with van der Waals surface area (Å²) in [6, 6.07) is 15.6. The SMILES string of the molecule is Cc1cccc2sc(NC3Cc4ccccc4C3)nc12. The highest BCUT2D eigenvalue weighted by molar-refractivity contribution is 7.22. The molecule has 0 saturated heterocycles. The van der Waals surface area contributed by atoms with Crippen LogP contribution in [0.1, 0.15) is 16.7 Å². The van der Waals surface area contributed by atoms with Crippen LogP contribution in [0.3, 0.4) is 0 Å². The first-order valence-corrected chi connectivity index (χ1v) is 7.81. The molecule has 0 bridgehead atoms. The molecule has 1 aliphatic carbocycles. The standard InChI is InChI=1S/C17H16N2S/c1-11-5-4-8-15-16(11)19-17(20-15)18-14-9-12-6-2-3-7-13(12)10-14/h2-8,14H,9-10H2,1H3,(H,18,19). The normalized spacial score (nSPS) is 14.7. The molecule has 20 heavy (non-hydrogen) atoms. The Balaban J connectivity index is 1.59. The van der Waals surface area contributed by atoms with Gasteiger partial charge in [-0.2, -0.15) is 0 Å². The summed E-state index contributed by atoms with van der Waals surface area (Å²) in [5.74, 6) is 0. The molecule has 3 aromatic rings. The molecule has 0 unspecified atom stereocenters. The van der Waals surface area contributed by atoms with Crippen LogP contribution in [0.15, 0.2) is 42.5 Å². The highest BCUT2D eigenvalue weighted by Gasteiger charge is 2.21. The molecule has 1 aliphatic rings. The fraction of sp³-hybridized carbons (Fsp3) is 0.235. The number of anilines is 1. The van der Waals surface area contributed by atoms with E-state index in [0.717, 1.165) is 23.5 Å². The quantitative estimate of drug-likeness (QED) is 0.761. The van der Waals surface area contributed by atoms with E-state index in [9.17, 15) is 0 Å². The zero-order valence-corrected chi connectivity index (χ0v) is 12.2. The van der Waals surface area contributed by atoms with Gasteiger partial charge in [0.15, 0.2) is 5.13 Å². The van der Waals surface area contributed by atoms with Gasteiger partial charge >= 0.3 is 0 Å². The van der Waals surface area contributed by atoms with E-state index in [1.165, 1.54) is 21.4 Å². The molecule has 0 radical (unpaired) electrons. The summed E-state index contributed by atoms with van der Waals surface area (Å²) in [5, 5.41) is 4.66. The van der Waals surface area contributed by atoms with Crippen LogP contribution in [0, 0.1) is 6.92 Å². The Labute approximate surface area is 122 Å². The molecular weight excluding hydrogens is 264 g/mol. The number of nitrogens with one attached hydrogen (secondary N) is 1. The largest absolute Gasteiger partial charge is 0.358 e. The van der Waals surface area contributed by atoms with Crippen molar-refractivity contribution in [3.63, 3.8) is 0 Å². The van der Waals surface area contributed by atoms with Gasteiger partial charge in [0.05, 0.1) is 10.2 Å². The molecule has 4 rings (SSSR count). The Hall–Kier alpha value is -1.87. The van der Waals surface area contributed by atoms with Gasteiger partial charge in [-0.15, -0.1) is 0 Å². The molecule has 0 fully saturated rings. The Morgan fingerprint density at radius 1 is 1.05 bits per heavy atom. The zero-order chi connectivity index (χ0) is 13.5. The number of para-hydroxylation sites is 1. The summed E-state index contributed by atoms with van der Waals surface area (Å²) < 4.78 is 1.27. The van der Waals surface area contributed by atoms with Gasteiger partial charge in [0.1, 0.15) is 0 Å². The Kier molecular flexibility index (Phi) is 2.74. The summed E-state index contributed by atoms with van der Waals surface area (Å²) >= 11 is 1.75. The maximum Gasteiger partial charge on any atom is 0.184 e. The van der Waals surface area contributed by atoms with Gasteiger partial charge in [0, 0.05) is 6.04 Å². The van der Waals surface area contributed by atoms with Crippen LogP contribution in [0.2, 0.25) is 0 Å². The number of aromatic nitrogens is 1. The topological polar surface area (TPSA) is 24.9 Å². The van der Waals surface area contributed by atoms with E-state index in [-0.39, 0.29) is 0 Å². The van der Waals surface area contributed by atoms with Gasteiger partial charge in [-0.1, -0.05) is 47.7 Å². The maximum absolute atomic E-state index is 4.75. The molecule has 0 saturated carbocycles. The lowest BCUT2D eigenvalue weighted by Crippen LogP contribution is -2.19. The van der Waals surface area contributed by atoms with Crippen molar-refractivity contribution in [3.8, 4) is 0 Å². The summed E-state index contributed by atoms with van der Waals surface area (Å²) in [5.41, 5.74) is 5.33. The van der Waals surface area contributed by atoms with Gasteiger partial charge in [0.25, 0.3) is 0 Å². The molecule has 0 atom stereocenters. The van der Waals surface area contributed by atoms with Crippen molar-refractivity contribution in [2.24, 2.45) is 0 Å². The number of nitrogens with zero attached hydrogens (tertiary/aromatic N) is 1. The molecule has 1 heterocycles. The molecule has 0 aliphatic heterocycles. The van der Waals surface area contributed by atoms with Crippen LogP contribution >= 0.6 is 11.3 Å². The lowest BCUT2D eigenvalue weighted by molar-refractivity contribution is 0.773. The van der Waals surface area contributed by atoms with Crippen molar-refractivity contribution in [2.45, 2.75) is 25.8 Å². The Bertz CT molecular complexity index is 751. The highest BCUT2D eigenvalue weighted by Crippen LogP contribution is 2.30. The third-order valence-corrected chi connectivity index (χ3v) is 4.95. The second-order valence-electron chi connectivity index (χ2n) is 5.46. The maximum atomic E-state index is 4.75. The predicted octanol–water partition coefficient (Wildman–Crippen LogP) is 4.18. The minimum atomic E-state index is 0.480. The van der Waals surface area contributed by atoms with Crippen molar-refractivity contribution in [1.29, 1.82) is 0 Å². The van der Waals surface area contributed by atoms with E-state index in [0.29, 0.717) is 6.04 Å². The molecule has 3 heteroatoms. The van der Waals surface area contributed by atoms with Gasteiger partial charge in [0.2, 0.25) is 0 Å². The van der Waals surface area contributed by atoms with Crippen molar-refractivity contribution in [1.82, 2.24) is 4.98 Å². The summed E-state index contributed by atoms with van der Waals surface area (Å²) in [6.07, 6.45) is 2.20. The van der Waals surface area contributed by atoms with E-state index in [4.69, 9.17) is 4.98 Å². The lowest BCUT2D eigenvalue weighted by Gasteiger charge is -2.09. The van der Waals surface area contributed by atoms with Crippen molar-refractivity contribution in [2.75, 3.05) is 5.32 Å². The first-order chi connectivity index (χ1) is 9.79. The van der Waals surface area contributed by atoms with Crippen LogP contribution in [0.5, 0.6) is 0 Å². The van der Waals surface area contributed by atoms with Gasteiger partial charge in [-0.25, -0.2) is 4.98 Å². The first kappa shape index (κ1) is 11.9. The summed E-state index contributed by atoms with van der Waals surface area (Å²) in [6.45, 7) is 2.12. The van der Waals surface area contributed by atoms with Gasteiger partial charge in [-0.05, 0) is 42.5 Å².